The summed E-state index contributed by atoms with van der Waals surface area (Å²) in [7, 11) is 4.24. The second-order valence-electron chi connectivity index (χ2n) is 12.0. The number of ether oxygens (including phenoxy) is 2. The van der Waals surface area contributed by atoms with Crippen LogP contribution >= 0.6 is 0 Å². The van der Waals surface area contributed by atoms with E-state index in [4.69, 9.17) is 9.47 Å². The van der Waals surface area contributed by atoms with Crippen LogP contribution in [0.25, 0.3) is 0 Å². The van der Waals surface area contributed by atoms with Gasteiger partial charge in [-0.2, -0.15) is 0 Å². The maximum atomic E-state index is 13.1. The topological polar surface area (TPSA) is 35.5 Å². The van der Waals surface area contributed by atoms with E-state index in [1.165, 1.54) is 88.2 Å². The summed E-state index contributed by atoms with van der Waals surface area (Å²) >= 11 is 0. The van der Waals surface area contributed by atoms with Crippen LogP contribution < -0.4 is 4.74 Å². The summed E-state index contributed by atoms with van der Waals surface area (Å²) in [4.78, 5) is 13.1. The summed E-state index contributed by atoms with van der Waals surface area (Å²) < 4.78 is 12.4. The Labute approximate surface area is 246 Å². The van der Waals surface area contributed by atoms with Crippen molar-refractivity contribution in [1.29, 1.82) is 0 Å². The molecular weight excluding hydrogens is 494 g/mol. The van der Waals surface area contributed by atoms with E-state index >= 15 is 0 Å². The molecule has 0 saturated heterocycles. The van der Waals surface area contributed by atoms with Crippen molar-refractivity contribution in [3.05, 3.63) is 65.7 Å². The molecule has 0 aliphatic heterocycles. The predicted molar refractivity (Wildman–Crippen MR) is 169 cm³/mol. The van der Waals surface area contributed by atoms with Gasteiger partial charge < -0.3 is 14.0 Å². The average Bonchev–Trinajstić information content (AvgIpc) is 2.95. The lowest BCUT2D eigenvalue weighted by Gasteiger charge is -2.36. The number of hydrogen-bond acceptors (Lipinski definition) is 3. The normalized spacial score (nSPS) is 12.3. The molecule has 224 valence electrons. The van der Waals surface area contributed by atoms with E-state index in [-0.39, 0.29) is 18.6 Å². The Bertz CT molecular complexity index is 911. The van der Waals surface area contributed by atoms with Crippen molar-refractivity contribution in [2.75, 3.05) is 27.3 Å². The number of aryl methyl sites for hydroxylation is 1. The minimum Gasteiger partial charge on any atom is -0.490 e. The van der Waals surface area contributed by atoms with Crippen molar-refractivity contribution in [2.24, 2.45) is 0 Å². The molecule has 0 aliphatic rings. The SMILES string of the molecule is CCCCCCCCCCCCCCc1ccccc1OCCOC(=O)C(CCC)[N+](C)(C)Cc1ccccc1. The van der Waals surface area contributed by atoms with Gasteiger partial charge in [0.15, 0.2) is 6.04 Å². The average molecular weight is 553 g/mol. The molecule has 0 N–H and O–H groups in total. The number of nitrogens with zero attached hydrogens (tertiary/aromatic N) is 1. The Kier molecular flexibility index (Phi) is 17.4. The highest BCUT2D eigenvalue weighted by Gasteiger charge is 2.35. The van der Waals surface area contributed by atoms with Gasteiger partial charge in [0.05, 0.1) is 14.1 Å². The lowest BCUT2D eigenvalue weighted by molar-refractivity contribution is -0.920. The fourth-order valence-electron chi connectivity index (χ4n) is 5.59. The van der Waals surface area contributed by atoms with E-state index in [1.807, 2.05) is 18.2 Å². The lowest BCUT2D eigenvalue weighted by Crippen LogP contribution is -2.53. The van der Waals surface area contributed by atoms with Gasteiger partial charge >= 0.3 is 5.97 Å². The van der Waals surface area contributed by atoms with Crippen molar-refractivity contribution in [3.8, 4) is 5.75 Å². The maximum Gasteiger partial charge on any atom is 0.365 e. The Morgan fingerprint density at radius 3 is 1.90 bits per heavy atom. The fraction of sp³-hybridized carbons (Fsp3) is 0.639. The second kappa shape index (κ2) is 20.5. The first-order valence-corrected chi connectivity index (χ1v) is 16.2. The highest BCUT2D eigenvalue weighted by molar-refractivity contribution is 5.74. The first-order chi connectivity index (χ1) is 19.5. The molecule has 0 amide bonds. The van der Waals surface area contributed by atoms with Gasteiger partial charge in [-0.3, -0.25) is 0 Å². The highest BCUT2D eigenvalue weighted by atomic mass is 16.6. The molecule has 0 bridgehead atoms. The first-order valence-electron chi connectivity index (χ1n) is 16.2. The van der Waals surface area contributed by atoms with Gasteiger partial charge in [0.25, 0.3) is 0 Å². The van der Waals surface area contributed by atoms with Gasteiger partial charge in [-0.15, -0.1) is 0 Å². The van der Waals surface area contributed by atoms with Crippen molar-refractivity contribution >= 4 is 5.97 Å². The van der Waals surface area contributed by atoms with Crippen molar-refractivity contribution < 1.29 is 18.8 Å². The third-order valence-corrected chi connectivity index (χ3v) is 7.97. The summed E-state index contributed by atoms with van der Waals surface area (Å²) in [6.45, 7) is 5.86. The minimum atomic E-state index is -0.191. The van der Waals surface area contributed by atoms with Crippen molar-refractivity contribution in [2.45, 2.75) is 123 Å². The molecule has 0 heterocycles. The number of unbranched alkanes of at least 4 members (excludes halogenated alkanes) is 11. The zero-order chi connectivity index (χ0) is 28.9. The number of esters is 1. The van der Waals surface area contributed by atoms with Crippen LogP contribution in [0.2, 0.25) is 0 Å². The minimum absolute atomic E-state index is 0.129. The summed E-state index contributed by atoms with van der Waals surface area (Å²) in [5.74, 6) is 0.795. The number of carbonyl (C=O) groups is 1. The number of hydrogen-bond donors (Lipinski definition) is 0. The molecule has 0 aromatic heterocycles. The van der Waals surface area contributed by atoms with Gasteiger partial charge in [0.1, 0.15) is 25.5 Å². The monoisotopic (exact) mass is 552 g/mol. The van der Waals surface area contributed by atoms with E-state index in [1.54, 1.807) is 0 Å². The van der Waals surface area contributed by atoms with E-state index in [0.717, 1.165) is 31.6 Å². The van der Waals surface area contributed by atoms with Crippen LogP contribution in [0.1, 0.15) is 115 Å². The van der Waals surface area contributed by atoms with Crippen LogP contribution in [-0.4, -0.2) is 43.8 Å². The number of carbonyl (C=O) groups excluding carboxylic acids is 1. The molecular formula is C36H58NO3+. The summed E-state index contributed by atoms with van der Waals surface area (Å²) in [6.07, 6.45) is 19.1. The molecule has 4 nitrogen and oxygen atoms in total. The number of likely N-dealkylation sites (N-methyl/N-ethyl adjacent to an activating group) is 1. The number of para-hydroxylation sites is 1. The molecule has 2 rings (SSSR count). The third-order valence-electron chi connectivity index (χ3n) is 7.97. The zero-order valence-corrected chi connectivity index (χ0v) is 26.2. The molecule has 0 aliphatic carbocycles. The van der Waals surface area contributed by atoms with E-state index in [0.29, 0.717) is 11.1 Å². The Morgan fingerprint density at radius 1 is 0.700 bits per heavy atom. The Hall–Kier alpha value is -2.33. The van der Waals surface area contributed by atoms with Crippen LogP contribution in [0.15, 0.2) is 54.6 Å². The fourth-order valence-corrected chi connectivity index (χ4v) is 5.59. The van der Waals surface area contributed by atoms with Crippen molar-refractivity contribution in [1.82, 2.24) is 0 Å². The number of benzene rings is 2. The van der Waals surface area contributed by atoms with Crippen LogP contribution in [0.3, 0.4) is 0 Å². The molecule has 4 heteroatoms. The predicted octanol–water partition coefficient (Wildman–Crippen LogP) is 9.30. The highest BCUT2D eigenvalue weighted by Crippen LogP contribution is 2.22. The zero-order valence-electron chi connectivity index (χ0n) is 26.2. The Balaban J connectivity index is 1.67. The molecule has 0 saturated carbocycles. The second-order valence-corrected chi connectivity index (χ2v) is 12.0. The maximum absolute atomic E-state index is 13.1. The Morgan fingerprint density at radius 2 is 1.27 bits per heavy atom. The number of quaternary nitrogens is 1. The van der Waals surface area contributed by atoms with Gasteiger partial charge in [-0.25, -0.2) is 4.79 Å². The molecule has 1 atom stereocenters. The molecule has 1 unspecified atom stereocenters. The van der Waals surface area contributed by atoms with Gasteiger partial charge in [-0.05, 0) is 30.9 Å². The summed E-state index contributed by atoms with van der Waals surface area (Å²) in [5, 5.41) is 0. The van der Waals surface area contributed by atoms with Gasteiger partial charge in [-0.1, -0.05) is 133 Å². The van der Waals surface area contributed by atoms with Gasteiger partial charge in [0.2, 0.25) is 0 Å². The van der Waals surface area contributed by atoms with Crippen LogP contribution in [0.5, 0.6) is 5.75 Å². The smallest absolute Gasteiger partial charge is 0.365 e. The van der Waals surface area contributed by atoms with Crippen LogP contribution in [0.4, 0.5) is 0 Å². The van der Waals surface area contributed by atoms with E-state index in [2.05, 4.69) is 64.3 Å². The number of rotatable bonds is 23. The van der Waals surface area contributed by atoms with E-state index < -0.39 is 0 Å². The standard InChI is InChI=1S/C36H58NO3/c1-5-7-8-9-10-11-12-13-14-15-16-20-26-33-27-21-22-28-35(33)39-29-30-40-36(38)34(23-6-2)37(3,4)31-32-24-18-17-19-25-32/h17-19,21-22,24-25,27-28,34H,5-16,20,23,26,29-31H2,1-4H3/q+1. The quantitative estimate of drug-likeness (QED) is 0.0783. The van der Waals surface area contributed by atoms with Gasteiger partial charge in [0, 0.05) is 12.0 Å². The largest absolute Gasteiger partial charge is 0.490 e. The summed E-state index contributed by atoms with van der Waals surface area (Å²) in [5.41, 5.74) is 2.49. The molecule has 0 spiro atoms. The van der Waals surface area contributed by atoms with E-state index in [9.17, 15) is 4.79 Å². The van der Waals surface area contributed by atoms with Crippen LogP contribution in [0, 0.1) is 0 Å². The molecule has 2 aromatic rings. The molecule has 0 fully saturated rings. The molecule has 40 heavy (non-hydrogen) atoms. The molecule has 2 aromatic carbocycles. The third kappa shape index (κ3) is 13.8. The lowest BCUT2D eigenvalue weighted by atomic mass is 10.0. The van der Waals surface area contributed by atoms with Crippen molar-refractivity contribution in [3.63, 3.8) is 0 Å². The summed E-state index contributed by atoms with van der Waals surface area (Å²) in [6, 6.07) is 18.5. The van der Waals surface area contributed by atoms with Crippen LogP contribution in [-0.2, 0) is 22.5 Å². The molecule has 0 radical (unpaired) electrons. The first kappa shape index (κ1) is 33.9.